The summed E-state index contributed by atoms with van der Waals surface area (Å²) in [6.45, 7) is 1.20. The lowest BCUT2D eigenvalue weighted by molar-refractivity contribution is -0.119. The van der Waals surface area contributed by atoms with Crippen LogP contribution in [0, 0.1) is 6.92 Å². The highest BCUT2D eigenvalue weighted by atomic mass is 16.5. The second-order valence-corrected chi connectivity index (χ2v) is 7.13. The topological polar surface area (TPSA) is 105 Å². The van der Waals surface area contributed by atoms with Gasteiger partial charge in [0.1, 0.15) is 5.75 Å². The molecule has 2 amide bonds. The average molecular weight is 396 g/mol. The number of ether oxygens (including phenoxy) is 1. The van der Waals surface area contributed by atoms with Gasteiger partial charge >= 0.3 is 5.97 Å². The Hall–Kier alpha value is -3.35. The van der Waals surface area contributed by atoms with E-state index in [-0.39, 0.29) is 23.3 Å². The summed E-state index contributed by atoms with van der Waals surface area (Å²) in [4.78, 5) is 36.8. The number of aromatic hydroxyl groups is 1. The van der Waals surface area contributed by atoms with E-state index in [2.05, 4.69) is 10.6 Å². The molecule has 0 radical (unpaired) electrons. The van der Waals surface area contributed by atoms with Gasteiger partial charge in [0, 0.05) is 6.04 Å². The molecule has 152 valence electrons. The zero-order chi connectivity index (χ0) is 20.8. The van der Waals surface area contributed by atoms with Crippen LogP contribution in [0.1, 0.15) is 52.0 Å². The van der Waals surface area contributed by atoms with Crippen LogP contribution in [-0.2, 0) is 9.53 Å². The molecule has 0 aromatic heterocycles. The van der Waals surface area contributed by atoms with E-state index in [0.717, 1.165) is 25.7 Å². The van der Waals surface area contributed by atoms with E-state index in [1.165, 1.54) is 12.1 Å². The first-order valence-corrected chi connectivity index (χ1v) is 9.60. The Bertz CT molecular complexity index is 919. The third-order valence-electron chi connectivity index (χ3n) is 4.92. The van der Waals surface area contributed by atoms with Crippen LogP contribution in [0.3, 0.4) is 0 Å². The van der Waals surface area contributed by atoms with Crippen molar-refractivity contribution in [3.8, 4) is 5.75 Å². The van der Waals surface area contributed by atoms with Gasteiger partial charge < -0.3 is 20.5 Å². The van der Waals surface area contributed by atoms with Crippen LogP contribution >= 0.6 is 0 Å². The van der Waals surface area contributed by atoms with E-state index >= 15 is 0 Å². The van der Waals surface area contributed by atoms with Gasteiger partial charge in [0.15, 0.2) is 6.61 Å². The zero-order valence-corrected chi connectivity index (χ0v) is 16.2. The smallest absolute Gasteiger partial charge is 0.338 e. The maximum atomic E-state index is 12.5. The van der Waals surface area contributed by atoms with Crippen LogP contribution < -0.4 is 10.6 Å². The van der Waals surface area contributed by atoms with Gasteiger partial charge in [-0.1, -0.05) is 31.0 Å². The number of esters is 1. The number of aryl methyl sites for hydroxylation is 1. The largest absolute Gasteiger partial charge is 0.508 e. The maximum absolute atomic E-state index is 12.5. The molecule has 0 atom stereocenters. The van der Waals surface area contributed by atoms with Gasteiger partial charge in [-0.25, -0.2) is 4.79 Å². The van der Waals surface area contributed by atoms with E-state index in [1.54, 1.807) is 37.3 Å². The predicted molar refractivity (Wildman–Crippen MR) is 108 cm³/mol. The summed E-state index contributed by atoms with van der Waals surface area (Å²) in [7, 11) is 0. The third-order valence-corrected chi connectivity index (χ3v) is 4.92. The zero-order valence-electron chi connectivity index (χ0n) is 16.2. The van der Waals surface area contributed by atoms with Gasteiger partial charge in [-0.3, -0.25) is 9.59 Å². The van der Waals surface area contributed by atoms with Crippen LogP contribution in [0.5, 0.6) is 5.75 Å². The summed E-state index contributed by atoms with van der Waals surface area (Å²) in [5, 5.41) is 15.3. The first-order chi connectivity index (χ1) is 13.9. The fourth-order valence-electron chi connectivity index (χ4n) is 3.26. The number of para-hydroxylation sites is 1. The Morgan fingerprint density at radius 2 is 1.83 bits per heavy atom. The molecule has 0 bridgehead atoms. The molecule has 1 aliphatic rings. The van der Waals surface area contributed by atoms with E-state index in [1.807, 2.05) is 0 Å². The van der Waals surface area contributed by atoms with Crippen LogP contribution in [-0.4, -0.2) is 35.5 Å². The molecule has 7 nitrogen and oxygen atoms in total. The standard InChI is InChI=1S/C22H24N2O5/c1-14-10-11-15(12-19(14)25)22(28)29-13-20(26)24-18-9-5-4-8-17(18)21(27)23-16-6-2-3-7-16/h4-5,8-12,16,25H,2-3,6-7,13H2,1H3,(H,23,27)(H,24,26). The van der Waals surface area contributed by atoms with Crippen molar-refractivity contribution in [3.63, 3.8) is 0 Å². The summed E-state index contributed by atoms with van der Waals surface area (Å²) in [6, 6.07) is 11.3. The fraction of sp³-hybridized carbons (Fsp3) is 0.318. The number of hydrogen-bond donors (Lipinski definition) is 3. The molecule has 2 aromatic rings. The van der Waals surface area contributed by atoms with Crippen molar-refractivity contribution in [1.82, 2.24) is 5.32 Å². The number of nitrogens with one attached hydrogen (secondary N) is 2. The van der Waals surface area contributed by atoms with Crippen molar-refractivity contribution in [2.24, 2.45) is 0 Å². The molecule has 0 heterocycles. The first kappa shape index (κ1) is 20.4. The predicted octanol–water partition coefficient (Wildman–Crippen LogP) is 3.17. The van der Waals surface area contributed by atoms with Crippen molar-refractivity contribution < 1.29 is 24.2 Å². The van der Waals surface area contributed by atoms with Crippen molar-refractivity contribution >= 4 is 23.5 Å². The molecular weight excluding hydrogens is 372 g/mol. The number of amides is 2. The van der Waals surface area contributed by atoms with Gasteiger partial charge in [0.05, 0.1) is 16.8 Å². The quantitative estimate of drug-likeness (QED) is 0.651. The lowest BCUT2D eigenvalue weighted by atomic mass is 10.1. The van der Waals surface area contributed by atoms with E-state index < -0.39 is 18.5 Å². The monoisotopic (exact) mass is 396 g/mol. The lowest BCUT2D eigenvalue weighted by Crippen LogP contribution is -2.33. The van der Waals surface area contributed by atoms with Crippen molar-refractivity contribution in [2.45, 2.75) is 38.6 Å². The maximum Gasteiger partial charge on any atom is 0.338 e. The molecule has 1 fully saturated rings. The number of phenolic OH excluding ortho intramolecular Hbond substituents is 1. The van der Waals surface area contributed by atoms with E-state index in [4.69, 9.17) is 4.74 Å². The molecule has 3 rings (SSSR count). The second kappa shape index (κ2) is 9.23. The molecule has 7 heteroatoms. The Kier molecular flexibility index (Phi) is 6.49. The fourth-order valence-corrected chi connectivity index (χ4v) is 3.26. The summed E-state index contributed by atoms with van der Waals surface area (Å²) >= 11 is 0. The van der Waals surface area contributed by atoms with Gasteiger partial charge in [-0.2, -0.15) is 0 Å². The molecule has 3 N–H and O–H groups in total. The molecule has 1 saturated carbocycles. The Balaban J connectivity index is 1.58. The molecule has 0 aliphatic heterocycles. The minimum Gasteiger partial charge on any atom is -0.508 e. The SMILES string of the molecule is Cc1ccc(C(=O)OCC(=O)Nc2ccccc2C(=O)NC2CCCC2)cc1O. The lowest BCUT2D eigenvalue weighted by Gasteiger charge is -2.15. The summed E-state index contributed by atoms with van der Waals surface area (Å²) in [6.07, 6.45) is 4.14. The highest BCUT2D eigenvalue weighted by molar-refractivity contribution is 6.04. The summed E-state index contributed by atoms with van der Waals surface area (Å²) in [5.41, 5.74) is 1.50. The number of anilines is 1. The minimum absolute atomic E-state index is 0.0221. The molecule has 2 aromatic carbocycles. The van der Waals surface area contributed by atoms with Crippen molar-refractivity contribution in [1.29, 1.82) is 0 Å². The van der Waals surface area contributed by atoms with Gasteiger partial charge in [0.25, 0.3) is 11.8 Å². The molecule has 0 unspecified atom stereocenters. The van der Waals surface area contributed by atoms with Gasteiger partial charge in [-0.05, 0) is 49.6 Å². The van der Waals surface area contributed by atoms with E-state index in [9.17, 15) is 19.5 Å². The average Bonchev–Trinajstić information content (AvgIpc) is 3.21. The highest BCUT2D eigenvalue weighted by Gasteiger charge is 2.20. The van der Waals surface area contributed by atoms with Crippen LogP contribution in [0.4, 0.5) is 5.69 Å². The first-order valence-electron chi connectivity index (χ1n) is 9.60. The van der Waals surface area contributed by atoms with Crippen LogP contribution in [0.15, 0.2) is 42.5 Å². The number of carbonyl (C=O) groups excluding carboxylic acids is 3. The molecule has 1 aliphatic carbocycles. The molecular formula is C22H24N2O5. The van der Waals surface area contributed by atoms with Crippen LogP contribution in [0.2, 0.25) is 0 Å². The highest BCUT2D eigenvalue weighted by Crippen LogP contribution is 2.21. The molecule has 29 heavy (non-hydrogen) atoms. The number of phenols is 1. The van der Waals surface area contributed by atoms with Crippen LogP contribution in [0.25, 0.3) is 0 Å². The summed E-state index contributed by atoms with van der Waals surface area (Å²) in [5.74, 6) is -1.54. The molecule has 0 spiro atoms. The van der Waals surface area contributed by atoms with E-state index in [0.29, 0.717) is 16.8 Å². The number of hydrogen-bond acceptors (Lipinski definition) is 5. The summed E-state index contributed by atoms with van der Waals surface area (Å²) < 4.78 is 5.00. The van der Waals surface area contributed by atoms with Crippen molar-refractivity contribution in [2.75, 3.05) is 11.9 Å². The minimum atomic E-state index is -0.720. The van der Waals surface area contributed by atoms with Gasteiger partial charge in [-0.15, -0.1) is 0 Å². The van der Waals surface area contributed by atoms with Gasteiger partial charge in [0.2, 0.25) is 0 Å². The molecule has 0 saturated heterocycles. The van der Waals surface area contributed by atoms with Crippen molar-refractivity contribution in [3.05, 3.63) is 59.2 Å². The Labute approximate surface area is 169 Å². The third kappa shape index (κ3) is 5.34. The number of rotatable bonds is 6. The normalized spacial score (nSPS) is 13.7. The number of benzene rings is 2. The Morgan fingerprint density at radius 1 is 1.10 bits per heavy atom. The second-order valence-electron chi connectivity index (χ2n) is 7.13. The Morgan fingerprint density at radius 3 is 2.55 bits per heavy atom. The number of carbonyl (C=O) groups is 3.